The number of nitrogens with zero attached hydrogens (tertiary/aromatic N) is 3. The molecule has 5 aliphatic carbocycles. The number of hydrogen-bond acceptors (Lipinski definition) is 3. The molecule has 0 unspecified atom stereocenters. The van der Waals surface area contributed by atoms with Crippen molar-refractivity contribution in [2.24, 2.45) is 23.7 Å². The van der Waals surface area contributed by atoms with Crippen molar-refractivity contribution in [2.45, 2.75) is 58.3 Å². The van der Waals surface area contributed by atoms with Crippen LogP contribution in [0.2, 0.25) is 0 Å². The molecule has 6 aromatic rings. The monoisotopic (exact) mass is 635 g/mol. The third kappa shape index (κ3) is 4.51. The fraction of sp³-hybridized carbons (Fsp3) is 0.283. The summed E-state index contributed by atoms with van der Waals surface area (Å²) in [6.07, 6.45) is 7.05. The second-order valence-electron chi connectivity index (χ2n) is 15.6. The Balaban J connectivity index is 1.11. The lowest BCUT2D eigenvalue weighted by atomic mass is 9.43. The molecule has 5 aliphatic rings. The summed E-state index contributed by atoms with van der Waals surface area (Å²) in [6.45, 7) is 6.41. The van der Waals surface area contributed by atoms with E-state index < -0.39 is 0 Å². The predicted molar refractivity (Wildman–Crippen MR) is 199 cm³/mol. The second-order valence-corrected chi connectivity index (χ2v) is 15.6. The fourth-order valence-electron chi connectivity index (χ4n) is 10.6. The summed E-state index contributed by atoms with van der Waals surface area (Å²) in [6, 6.07) is 40.5. The maximum Gasteiger partial charge on any atom is 0.164 e. The minimum absolute atomic E-state index is 0.155. The molecule has 5 aromatic carbocycles. The van der Waals surface area contributed by atoms with E-state index in [4.69, 9.17) is 15.0 Å². The number of rotatable bonds is 4. The molecule has 0 radical (unpaired) electrons. The largest absolute Gasteiger partial charge is 0.208 e. The minimum Gasteiger partial charge on any atom is -0.208 e. The second kappa shape index (κ2) is 10.8. The summed E-state index contributed by atoms with van der Waals surface area (Å²) in [4.78, 5) is 15.2. The highest BCUT2D eigenvalue weighted by Crippen LogP contribution is 2.69. The van der Waals surface area contributed by atoms with Crippen molar-refractivity contribution in [3.05, 3.63) is 137 Å². The van der Waals surface area contributed by atoms with Gasteiger partial charge >= 0.3 is 0 Å². The van der Waals surface area contributed by atoms with Crippen LogP contribution in [0.4, 0.5) is 0 Å². The Morgan fingerprint density at radius 2 is 0.939 bits per heavy atom. The molecular weight excluding hydrogens is 595 g/mol. The standard InChI is InChI=1S/C46H41N3/c1-27-8-12-32(13-9-27)43-47-44(33-14-10-28(2)11-15-33)49-45(48-43)36-19-29(3)18-35(25-36)34-16-17-40-39-6-4-5-7-41(39)46(42(40)26-34)37-21-30-20-31(23-37)24-38(46)22-30/h4-19,25-26,30-31,37-38H,20-24H2,1-3H3. The third-order valence-electron chi connectivity index (χ3n) is 12.5. The van der Waals surface area contributed by atoms with Gasteiger partial charge in [-0.2, -0.15) is 0 Å². The summed E-state index contributed by atoms with van der Waals surface area (Å²) in [7, 11) is 0. The highest BCUT2D eigenvalue weighted by molar-refractivity contribution is 5.85. The molecule has 0 atom stereocenters. The third-order valence-corrected chi connectivity index (χ3v) is 12.5. The quantitative estimate of drug-likeness (QED) is 0.193. The lowest BCUT2D eigenvalue weighted by Crippen LogP contribution is -2.55. The molecule has 0 amide bonds. The first kappa shape index (κ1) is 29.1. The van der Waals surface area contributed by atoms with Crippen LogP contribution in [0, 0.1) is 44.4 Å². The van der Waals surface area contributed by atoms with E-state index >= 15 is 0 Å². The molecule has 3 nitrogen and oxygen atoms in total. The molecule has 4 bridgehead atoms. The summed E-state index contributed by atoms with van der Waals surface area (Å²) in [5.74, 6) is 5.46. The molecule has 4 fully saturated rings. The van der Waals surface area contributed by atoms with Gasteiger partial charge in [0.15, 0.2) is 17.5 Å². The topological polar surface area (TPSA) is 38.7 Å². The van der Waals surface area contributed by atoms with Gasteiger partial charge in [-0.25, -0.2) is 15.0 Å². The van der Waals surface area contributed by atoms with Crippen molar-refractivity contribution in [3.8, 4) is 56.4 Å². The number of aryl methyl sites for hydroxylation is 3. The van der Waals surface area contributed by atoms with Crippen molar-refractivity contribution in [1.82, 2.24) is 15.0 Å². The number of hydrogen-bond donors (Lipinski definition) is 0. The molecular formula is C46H41N3. The summed E-state index contributed by atoms with van der Waals surface area (Å²) in [5.41, 5.74) is 15.4. The molecule has 240 valence electrons. The average molecular weight is 636 g/mol. The minimum atomic E-state index is 0.155. The zero-order chi connectivity index (χ0) is 32.9. The smallest absolute Gasteiger partial charge is 0.164 e. The van der Waals surface area contributed by atoms with Gasteiger partial charge in [-0.05, 0) is 134 Å². The molecule has 49 heavy (non-hydrogen) atoms. The maximum absolute atomic E-state index is 5.10. The highest BCUT2D eigenvalue weighted by Gasteiger charge is 2.61. The Labute approximate surface area is 289 Å². The van der Waals surface area contributed by atoms with E-state index in [1.807, 2.05) is 0 Å². The SMILES string of the molecule is Cc1ccc(-c2nc(-c3ccc(C)cc3)nc(-c3cc(C)cc(-c4ccc5c(c4)C4(c6ccccc6-5)C5CC6CC(C5)CC4C6)c3)n2)cc1. The first-order valence-corrected chi connectivity index (χ1v) is 18.2. The normalized spacial score (nSPS) is 24.3. The molecule has 3 heteroatoms. The van der Waals surface area contributed by atoms with Gasteiger partial charge in [0.2, 0.25) is 0 Å². The van der Waals surface area contributed by atoms with E-state index in [-0.39, 0.29) is 5.41 Å². The van der Waals surface area contributed by atoms with Crippen LogP contribution in [0.15, 0.2) is 109 Å². The molecule has 1 heterocycles. The lowest BCUT2D eigenvalue weighted by Gasteiger charge is -2.61. The Morgan fingerprint density at radius 3 is 1.55 bits per heavy atom. The maximum atomic E-state index is 5.10. The zero-order valence-electron chi connectivity index (χ0n) is 28.6. The van der Waals surface area contributed by atoms with E-state index in [9.17, 15) is 0 Å². The molecule has 0 N–H and O–H groups in total. The van der Waals surface area contributed by atoms with Crippen molar-refractivity contribution in [1.29, 1.82) is 0 Å². The van der Waals surface area contributed by atoms with Crippen LogP contribution < -0.4 is 0 Å². The van der Waals surface area contributed by atoms with Gasteiger partial charge in [0, 0.05) is 22.1 Å². The Bertz CT molecular complexity index is 2170. The van der Waals surface area contributed by atoms with Gasteiger partial charge in [0.05, 0.1) is 0 Å². The van der Waals surface area contributed by atoms with Crippen molar-refractivity contribution in [3.63, 3.8) is 0 Å². The first-order valence-electron chi connectivity index (χ1n) is 18.2. The summed E-state index contributed by atoms with van der Waals surface area (Å²) >= 11 is 0. The van der Waals surface area contributed by atoms with Crippen LogP contribution in [0.1, 0.15) is 59.9 Å². The van der Waals surface area contributed by atoms with Crippen LogP contribution in [0.5, 0.6) is 0 Å². The predicted octanol–water partition coefficient (Wildman–Crippen LogP) is 11.2. The lowest BCUT2D eigenvalue weighted by molar-refractivity contribution is -0.0399. The van der Waals surface area contributed by atoms with E-state index in [2.05, 4.69) is 130 Å². The van der Waals surface area contributed by atoms with Crippen LogP contribution in [0.3, 0.4) is 0 Å². The number of aromatic nitrogens is 3. The Hall–Kier alpha value is -4.89. The van der Waals surface area contributed by atoms with Crippen LogP contribution >= 0.6 is 0 Å². The summed E-state index contributed by atoms with van der Waals surface area (Å²) in [5, 5.41) is 0. The molecule has 0 aliphatic heterocycles. The van der Waals surface area contributed by atoms with E-state index in [0.717, 1.165) is 40.4 Å². The van der Waals surface area contributed by atoms with Crippen molar-refractivity contribution >= 4 is 0 Å². The Kier molecular flexibility index (Phi) is 6.41. The van der Waals surface area contributed by atoms with E-state index in [0.29, 0.717) is 17.5 Å². The fourth-order valence-corrected chi connectivity index (χ4v) is 10.6. The van der Waals surface area contributed by atoms with Gasteiger partial charge < -0.3 is 0 Å². The van der Waals surface area contributed by atoms with Gasteiger partial charge in [-0.1, -0.05) is 102 Å². The van der Waals surface area contributed by atoms with E-state index in [1.54, 1.807) is 11.1 Å². The van der Waals surface area contributed by atoms with Crippen LogP contribution in [-0.2, 0) is 5.41 Å². The van der Waals surface area contributed by atoms with Crippen molar-refractivity contribution in [2.75, 3.05) is 0 Å². The molecule has 11 rings (SSSR count). The van der Waals surface area contributed by atoms with E-state index in [1.165, 1.54) is 71.0 Å². The zero-order valence-corrected chi connectivity index (χ0v) is 28.6. The average Bonchev–Trinajstić information content (AvgIpc) is 3.40. The molecule has 1 aromatic heterocycles. The number of benzene rings is 5. The Morgan fingerprint density at radius 1 is 0.429 bits per heavy atom. The van der Waals surface area contributed by atoms with Gasteiger partial charge in [-0.15, -0.1) is 0 Å². The van der Waals surface area contributed by atoms with Gasteiger partial charge in [0.1, 0.15) is 0 Å². The highest BCUT2D eigenvalue weighted by atomic mass is 15.0. The van der Waals surface area contributed by atoms with Crippen LogP contribution in [0.25, 0.3) is 56.4 Å². The van der Waals surface area contributed by atoms with Gasteiger partial charge in [-0.3, -0.25) is 0 Å². The number of fused-ring (bicyclic) bond motifs is 3. The first-order chi connectivity index (χ1) is 23.9. The van der Waals surface area contributed by atoms with Crippen molar-refractivity contribution < 1.29 is 0 Å². The van der Waals surface area contributed by atoms with Gasteiger partial charge in [0.25, 0.3) is 0 Å². The molecule has 0 saturated heterocycles. The molecule has 4 saturated carbocycles. The summed E-state index contributed by atoms with van der Waals surface area (Å²) < 4.78 is 0. The van der Waals surface area contributed by atoms with Crippen LogP contribution in [-0.4, -0.2) is 15.0 Å². The molecule has 1 spiro atoms.